The number of hydrogen-bond acceptors (Lipinski definition) is 2. The van der Waals surface area contributed by atoms with Crippen molar-refractivity contribution in [2.45, 2.75) is 18.9 Å². The Balaban J connectivity index is 1.90. The summed E-state index contributed by atoms with van der Waals surface area (Å²) in [5.74, 6) is 3.51. The number of benzene rings is 1. The first kappa shape index (κ1) is 8.95. The Morgan fingerprint density at radius 1 is 1.08 bits per heavy atom. The van der Waals surface area contributed by atoms with E-state index in [9.17, 15) is 0 Å². The van der Waals surface area contributed by atoms with Gasteiger partial charge in [-0.05, 0) is 36.5 Å². The summed E-state index contributed by atoms with van der Waals surface area (Å²) in [6.45, 7) is 0. The molecular weight excluding hydrogens is 180 g/mol. The summed E-state index contributed by atoms with van der Waals surface area (Å²) in [6, 6.07) is 10.1. The van der Waals surface area contributed by atoms with E-state index in [-0.39, 0.29) is 0 Å². The second-order valence-corrected chi connectivity index (χ2v) is 4.47. The van der Waals surface area contributed by atoms with Crippen LogP contribution in [0.2, 0.25) is 0 Å². The Hall–Kier alpha value is -0.630. The Morgan fingerprint density at radius 2 is 1.77 bits per heavy atom. The molecule has 0 atom stereocenters. The fraction of sp³-hybridized carbons (Fsp3) is 0.455. The Kier molecular flexibility index (Phi) is 3.14. The van der Waals surface area contributed by atoms with Crippen LogP contribution in [-0.2, 0) is 0 Å². The van der Waals surface area contributed by atoms with Gasteiger partial charge in [0.25, 0.3) is 0 Å². The third kappa shape index (κ3) is 2.66. The number of thioether (sulfide) groups is 1. The normalized spacial score (nSPS) is 18.5. The third-order valence-electron chi connectivity index (χ3n) is 2.21. The molecule has 13 heavy (non-hydrogen) atoms. The van der Waals surface area contributed by atoms with Gasteiger partial charge in [-0.1, -0.05) is 18.2 Å². The molecule has 2 rings (SSSR count). The van der Waals surface area contributed by atoms with Gasteiger partial charge in [0.1, 0.15) is 11.9 Å². The zero-order valence-electron chi connectivity index (χ0n) is 7.61. The monoisotopic (exact) mass is 194 g/mol. The minimum Gasteiger partial charge on any atom is -0.490 e. The summed E-state index contributed by atoms with van der Waals surface area (Å²) in [6.07, 6.45) is 2.84. The van der Waals surface area contributed by atoms with E-state index < -0.39 is 0 Å². The van der Waals surface area contributed by atoms with Crippen molar-refractivity contribution in [2.24, 2.45) is 0 Å². The summed E-state index contributed by atoms with van der Waals surface area (Å²) >= 11 is 2.03. The van der Waals surface area contributed by atoms with Crippen molar-refractivity contribution in [1.82, 2.24) is 0 Å². The summed E-state index contributed by atoms with van der Waals surface area (Å²) in [4.78, 5) is 0. The van der Waals surface area contributed by atoms with Gasteiger partial charge in [0.15, 0.2) is 0 Å². The van der Waals surface area contributed by atoms with Crippen LogP contribution in [0.15, 0.2) is 30.3 Å². The van der Waals surface area contributed by atoms with Crippen LogP contribution in [0.25, 0.3) is 0 Å². The van der Waals surface area contributed by atoms with E-state index in [1.54, 1.807) is 0 Å². The van der Waals surface area contributed by atoms with Crippen molar-refractivity contribution in [2.75, 3.05) is 11.5 Å². The van der Waals surface area contributed by atoms with Gasteiger partial charge in [-0.15, -0.1) is 0 Å². The lowest BCUT2D eigenvalue weighted by molar-refractivity contribution is 0.192. The highest BCUT2D eigenvalue weighted by Crippen LogP contribution is 2.22. The Bertz CT molecular complexity index is 242. The number of ether oxygens (including phenoxy) is 1. The smallest absolute Gasteiger partial charge is 0.119 e. The standard InChI is InChI=1S/C11H14OS/c1-2-4-10(5-3-1)12-11-6-8-13-9-7-11/h1-5,11H,6-9H2. The van der Waals surface area contributed by atoms with E-state index in [4.69, 9.17) is 4.74 Å². The van der Waals surface area contributed by atoms with E-state index in [2.05, 4.69) is 0 Å². The van der Waals surface area contributed by atoms with Gasteiger partial charge in [0, 0.05) is 0 Å². The molecule has 1 saturated heterocycles. The van der Waals surface area contributed by atoms with Crippen molar-refractivity contribution >= 4 is 11.8 Å². The molecule has 2 heteroatoms. The van der Waals surface area contributed by atoms with Gasteiger partial charge in [-0.2, -0.15) is 11.8 Å². The topological polar surface area (TPSA) is 9.23 Å². The van der Waals surface area contributed by atoms with Crippen LogP contribution in [0.4, 0.5) is 0 Å². The molecule has 0 aromatic heterocycles. The van der Waals surface area contributed by atoms with Crippen molar-refractivity contribution in [1.29, 1.82) is 0 Å². The molecule has 0 spiro atoms. The molecule has 1 aromatic rings. The third-order valence-corrected chi connectivity index (χ3v) is 3.26. The molecule has 0 N–H and O–H groups in total. The van der Waals surface area contributed by atoms with Crippen LogP contribution in [0.3, 0.4) is 0 Å². The predicted octanol–water partition coefficient (Wildman–Crippen LogP) is 2.96. The molecule has 0 radical (unpaired) electrons. The van der Waals surface area contributed by atoms with Crippen LogP contribution in [0.5, 0.6) is 5.75 Å². The van der Waals surface area contributed by atoms with E-state index in [1.165, 1.54) is 24.3 Å². The van der Waals surface area contributed by atoms with E-state index in [0.717, 1.165) is 5.75 Å². The van der Waals surface area contributed by atoms with Gasteiger partial charge in [-0.25, -0.2) is 0 Å². The maximum absolute atomic E-state index is 5.84. The number of rotatable bonds is 2. The highest BCUT2D eigenvalue weighted by Gasteiger charge is 2.14. The highest BCUT2D eigenvalue weighted by atomic mass is 32.2. The van der Waals surface area contributed by atoms with Crippen molar-refractivity contribution in [3.63, 3.8) is 0 Å². The van der Waals surface area contributed by atoms with Crippen molar-refractivity contribution in [3.8, 4) is 5.75 Å². The Morgan fingerprint density at radius 3 is 2.46 bits per heavy atom. The van der Waals surface area contributed by atoms with Crippen LogP contribution < -0.4 is 4.74 Å². The molecule has 0 amide bonds. The zero-order chi connectivity index (χ0) is 8.93. The van der Waals surface area contributed by atoms with Gasteiger partial charge in [-0.3, -0.25) is 0 Å². The fourth-order valence-corrected chi connectivity index (χ4v) is 2.55. The van der Waals surface area contributed by atoms with Crippen LogP contribution in [0, 0.1) is 0 Å². The SMILES string of the molecule is c1ccc(OC2CCSCC2)cc1. The van der Waals surface area contributed by atoms with Crippen LogP contribution in [-0.4, -0.2) is 17.6 Å². The minimum absolute atomic E-state index is 0.448. The highest BCUT2D eigenvalue weighted by molar-refractivity contribution is 7.99. The van der Waals surface area contributed by atoms with Crippen LogP contribution in [0.1, 0.15) is 12.8 Å². The predicted molar refractivity (Wildman–Crippen MR) is 57.4 cm³/mol. The lowest BCUT2D eigenvalue weighted by Gasteiger charge is -2.22. The average molecular weight is 194 g/mol. The lowest BCUT2D eigenvalue weighted by atomic mass is 10.2. The quantitative estimate of drug-likeness (QED) is 0.716. The van der Waals surface area contributed by atoms with Crippen molar-refractivity contribution < 1.29 is 4.74 Å². The number of para-hydroxylation sites is 1. The molecular formula is C11H14OS. The summed E-state index contributed by atoms with van der Waals surface area (Å²) in [7, 11) is 0. The van der Waals surface area contributed by atoms with Gasteiger partial charge < -0.3 is 4.74 Å². The first-order chi connectivity index (χ1) is 6.45. The van der Waals surface area contributed by atoms with Crippen molar-refractivity contribution in [3.05, 3.63) is 30.3 Å². The first-order valence-electron chi connectivity index (χ1n) is 4.74. The second kappa shape index (κ2) is 4.56. The molecule has 1 fully saturated rings. The largest absolute Gasteiger partial charge is 0.490 e. The van der Waals surface area contributed by atoms with E-state index in [1.807, 2.05) is 42.1 Å². The van der Waals surface area contributed by atoms with Crippen LogP contribution >= 0.6 is 11.8 Å². The maximum atomic E-state index is 5.84. The van der Waals surface area contributed by atoms with Gasteiger partial charge in [0.2, 0.25) is 0 Å². The van der Waals surface area contributed by atoms with E-state index in [0.29, 0.717) is 6.10 Å². The minimum atomic E-state index is 0.448. The molecule has 1 aromatic carbocycles. The molecule has 0 bridgehead atoms. The number of hydrogen-bond donors (Lipinski definition) is 0. The summed E-state index contributed by atoms with van der Waals surface area (Å²) in [5, 5.41) is 0. The fourth-order valence-electron chi connectivity index (χ4n) is 1.49. The van der Waals surface area contributed by atoms with Gasteiger partial charge >= 0.3 is 0 Å². The second-order valence-electron chi connectivity index (χ2n) is 3.24. The zero-order valence-corrected chi connectivity index (χ0v) is 8.43. The Labute approximate surface area is 83.5 Å². The van der Waals surface area contributed by atoms with Gasteiger partial charge in [0.05, 0.1) is 0 Å². The molecule has 1 aliphatic rings. The molecule has 70 valence electrons. The molecule has 0 unspecified atom stereocenters. The molecule has 1 aliphatic heterocycles. The molecule has 1 nitrogen and oxygen atoms in total. The first-order valence-corrected chi connectivity index (χ1v) is 5.90. The molecule has 0 saturated carbocycles. The summed E-state index contributed by atoms with van der Waals surface area (Å²) < 4.78 is 5.84. The average Bonchev–Trinajstić information content (AvgIpc) is 2.21. The van der Waals surface area contributed by atoms with E-state index >= 15 is 0 Å². The lowest BCUT2D eigenvalue weighted by Crippen LogP contribution is -2.21. The molecule has 0 aliphatic carbocycles. The maximum Gasteiger partial charge on any atom is 0.119 e. The molecule has 1 heterocycles. The summed E-state index contributed by atoms with van der Waals surface area (Å²) in [5.41, 5.74) is 0.